The van der Waals surface area contributed by atoms with E-state index in [0.29, 0.717) is 13.1 Å². The molecule has 0 fully saturated rings. The molecule has 1 aliphatic heterocycles. The number of hydrogen-bond acceptors (Lipinski definition) is 11. The van der Waals surface area contributed by atoms with Crippen LogP contribution in [-0.4, -0.2) is 50.3 Å². The van der Waals surface area contributed by atoms with Crippen LogP contribution in [0, 0.1) is 19.3 Å². The molecule has 296 valence electrons. The SMILES string of the molecule is CCC1CN(Cc2cc(C(c3ccc4c(nnn4C)c3C)C(C)(C)C(=O)OCOP(=O)(Oc3ccccc3)Oc3ccccc3)ccc2C)Cc2cnccc2O1. The second kappa shape index (κ2) is 16.9. The highest BCUT2D eigenvalue weighted by Crippen LogP contribution is 2.50. The van der Waals surface area contributed by atoms with Crippen molar-refractivity contribution in [1.82, 2.24) is 24.9 Å². The van der Waals surface area contributed by atoms with Gasteiger partial charge in [0.1, 0.15) is 28.9 Å². The van der Waals surface area contributed by atoms with Gasteiger partial charge in [0.05, 0.1) is 10.9 Å². The van der Waals surface area contributed by atoms with E-state index in [1.807, 2.05) is 52.2 Å². The maximum atomic E-state index is 14.4. The van der Waals surface area contributed by atoms with Gasteiger partial charge < -0.3 is 18.5 Å². The Morgan fingerprint density at radius 3 is 2.35 bits per heavy atom. The predicted molar refractivity (Wildman–Crippen MR) is 217 cm³/mol. The van der Waals surface area contributed by atoms with Crippen LogP contribution in [0.25, 0.3) is 11.0 Å². The largest absolute Gasteiger partial charge is 0.590 e. The molecule has 57 heavy (non-hydrogen) atoms. The summed E-state index contributed by atoms with van der Waals surface area (Å²) in [6.45, 7) is 11.4. The van der Waals surface area contributed by atoms with Crippen LogP contribution in [0.2, 0.25) is 0 Å². The molecule has 0 saturated carbocycles. The number of aromatic nitrogens is 4. The minimum absolute atomic E-state index is 0.0358. The van der Waals surface area contributed by atoms with E-state index in [1.54, 1.807) is 71.5 Å². The van der Waals surface area contributed by atoms with Crippen LogP contribution in [0.3, 0.4) is 0 Å². The molecule has 0 radical (unpaired) electrons. The molecule has 2 atom stereocenters. The van der Waals surface area contributed by atoms with Crippen molar-refractivity contribution >= 4 is 24.8 Å². The Morgan fingerprint density at radius 2 is 1.67 bits per heavy atom. The minimum Gasteiger partial charge on any atom is -0.489 e. The van der Waals surface area contributed by atoms with Crippen molar-refractivity contribution in [2.45, 2.75) is 66.2 Å². The number of rotatable bonds is 14. The Hall–Kier alpha value is -5.55. The number of phosphoric ester groups is 1. The number of benzene rings is 4. The Bertz CT molecular complexity index is 2340. The van der Waals surface area contributed by atoms with E-state index in [1.165, 1.54) is 0 Å². The number of carbonyl (C=O) groups is 1. The van der Waals surface area contributed by atoms with Crippen LogP contribution in [-0.2, 0) is 38.8 Å². The molecule has 0 bridgehead atoms. The highest BCUT2D eigenvalue weighted by atomic mass is 31.2. The van der Waals surface area contributed by atoms with Gasteiger partial charge in [-0.15, -0.1) is 5.10 Å². The number of pyridine rings is 1. The summed E-state index contributed by atoms with van der Waals surface area (Å²) < 4.78 is 45.1. The number of ether oxygens (including phenoxy) is 2. The van der Waals surface area contributed by atoms with Crippen LogP contribution in [0.5, 0.6) is 17.2 Å². The van der Waals surface area contributed by atoms with Crippen molar-refractivity contribution in [3.8, 4) is 17.2 Å². The number of para-hydroxylation sites is 2. The van der Waals surface area contributed by atoms with Crippen LogP contribution >= 0.6 is 7.82 Å². The lowest BCUT2D eigenvalue weighted by Crippen LogP contribution is -2.35. The monoisotopic (exact) mass is 789 g/mol. The van der Waals surface area contributed by atoms with Gasteiger partial charge in [-0.3, -0.25) is 14.7 Å². The molecule has 7 rings (SSSR count). The zero-order valence-corrected chi connectivity index (χ0v) is 34.0. The fourth-order valence-electron chi connectivity index (χ4n) is 7.36. The van der Waals surface area contributed by atoms with Crippen molar-refractivity contribution in [3.05, 3.63) is 143 Å². The van der Waals surface area contributed by atoms with E-state index in [9.17, 15) is 9.36 Å². The fourth-order valence-corrected chi connectivity index (χ4v) is 8.44. The number of aryl methyl sites for hydroxylation is 3. The summed E-state index contributed by atoms with van der Waals surface area (Å²) in [5, 5.41) is 8.74. The number of phosphoric acid groups is 1. The van der Waals surface area contributed by atoms with Gasteiger partial charge in [-0.25, -0.2) is 13.8 Å². The van der Waals surface area contributed by atoms with Crippen molar-refractivity contribution < 1.29 is 32.4 Å². The number of esters is 1. The zero-order chi connectivity index (χ0) is 40.2. The molecular formula is C44H48N5O7P. The van der Waals surface area contributed by atoms with Gasteiger partial charge in [-0.1, -0.05) is 72.8 Å². The quantitative estimate of drug-likeness (QED) is 0.0596. The summed E-state index contributed by atoms with van der Waals surface area (Å²) in [5.74, 6) is 0.349. The fraction of sp³-hybridized carbons (Fsp3) is 0.318. The van der Waals surface area contributed by atoms with Crippen molar-refractivity contribution in [1.29, 1.82) is 0 Å². The maximum absolute atomic E-state index is 14.4. The van der Waals surface area contributed by atoms with Crippen LogP contribution in [0.1, 0.15) is 66.5 Å². The summed E-state index contributed by atoms with van der Waals surface area (Å²) >= 11 is 0. The highest BCUT2D eigenvalue weighted by Gasteiger charge is 2.42. The first-order chi connectivity index (χ1) is 27.4. The highest BCUT2D eigenvalue weighted by molar-refractivity contribution is 7.49. The first-order valence-corrected chi connectivity index (χ1v) is 20.5. The molecule has 12 nitrogen and oxygen atoms in total. The van der Waals surface area contributed by atoms with E-state index < -0.39 is 31.9 Å². The lowest BCUT2D eigenvalue weighted by atomic mass is 9.69. The molecule has 0 amide bonds. The average Bonchev–Trinajstić information content (AvgIpc) is 3.48. The molecule has 0 saturated heterocycles. The van der Waals surface area contributed by atoms with Gasteiger partial charge in [0.25, 0.3) is 0 Å². The van der Waals surface area contributed by atoms with Gasteiger partial charge in [-0.2, -0.15) is 0 Å². The van der Waals surface area contributed by atoms with Gasteiger partial charge >= 0.3 is 13.8 Å². The smallest absolute Gasteiger partial charge is 0.489 e. The average molecular weight is 790 g/mol. The molecule has 2 aromatic heterocycles. The van der Waals surface area contributed by atoms with Crippen molar-refractivity contribution in [3.63, 3.8) is 0 Å². The third-order valence-corrected chi connectivity index (χ3v) is 11.8. The van der Waals surface area contributed by atoms with E-state index in [2.05, 4.69) is 52.2 Å². The molecular weight excluding hydrogens is 741 g/mol. The lowest BCUT2D eigenvalue weighted by molar-refractivity contribution is -0.162. The van der Waals surface area contributed by atoms with E-state index in [-0.39, 0.29) is 17.6 Å². The standard InChI is InChI=1S/C44H48N5O7P/c1-7-35-28-49(27-34-25-45-23-22-40(34)54-35)26-33-24-32(19-18-30(33)2)41(38-20-21-39-42(31(38)3)46-47-48(39)6)44(4,5)43(50)52-29-53-57(51,55-36-14-10-8-11-15-36)56-37-16-12-9-13-17-37/h8-25,35,41H,7,26-29H2,1-6H3. The zero-order valence-electron chi connectivity index (χ0n) is 33.1. The van der Waals surface area contributed by atoms with Gasteiger partial charge in [0.2, 0.25) is 6.79 Å². The first-order valence-electron chi connectivity index (χ1n) is 19.1. The first kappa shape index (κ1) is 39.7. The van der Waals surface area contributed by atoms with Crippen molar-refractivity contribution in [2.75, 3.05) is 13.3 Å². The third kappa shape index (κ3) is 8.89. The second-order valence-corrected chi connectivity index (χ2v) is 16.5. The van der Waals surface area contributed by atoms with Gasteiger partial charge in [-0.05, 0) is 98.3 Å². The topological polar surface area (TPSA) is 127 Å². The molecule has 2 unspecified atom stereocenters. The van der Waals surface area contributed by atoms with E-state index in [0.717, 1.165) is 63.1 Å². The Kier molecular flexibility index (Phi) is 11.8. The minimum atomic E-state index is -4.32. The second-order valence-electron chi connectivity index (χ2n) is 14.9. The molecule has 0 aliphatic carbocycles. The summed E-state index contributed by atoms with van der Waals surface area (Å²) in [6.07, 6.45) is 4.55. The van der Waals surface area contributed by atoms with Crippen LogP contribution in [0.4, 0.5) is 0 Å². The number of carbonyl (C=O) groups excluding carboxylic acids is 1. The van der Waals surface area contributed by atoms with E-state index in [4.69, 9.17) is 23.0 Å². The normalized spacial score (nSPS) is 15.3. The summed E-state index contributed by atoms with van der Waals surface area (Å²) in [6, 6.07) is 29.4. The third-order valence-electron chi connectivity index (χ3n) is 10.5. The van der Waals surface area contributed by atoms with Crippen LogP contribution in [0.15, 0.2) is 109 Å². The molecule has 1 aliphatic rings. The summed E-state index contributed by atoms with van der Waals surface area (Å²) in [7, 11) is -2.46. The predicted octanol–water partition coefficient (Wildman–Crippen LogP) is 9.09. The summed E-state index contributed by atoms with van der Waals surface area (Å²) in [4.78, 5) is 21.2. The molecule has 3 heterocycles. The van der Waals surface area contributed by atoms with Crippen LogP contribution < -0.4 is 13.8 Å². The number of fused-ring (bicyclic) bond motifs is 2. The van der Waals surface area contributed by atoms with Crippen molar-refractivity contribution in [2.24, 2.45) is 12.5 Å². The molecule has 0 N–H and O–H groups in total. The maximum Gasteiger partial charge on any atom is 0.590 e. The van der Waals surface area contributed by atoms with E-state index >= 15 is 0 Å². The van der Waals surface area contributed by atoms with Gasteiger partial charge in [0, 0.05) is 50.6 Å². The molecule has 13 heteroatoms. The Balaban J connectivity index is 1.19. The number of nitrogens with zero attached hydrogens (tertiary/aromatic N) is 5. The molecule has 4 aromatic carbocycles. The molecule has 6 aromatic rings. The number of hydrogen-bond donors (Lipinski definition) is 0. The Morgan fingerprint density at radius 1 is 0.965 bits per heavy atom. The van der Waals surface area contributed by atoms with Gasteiger partial charge in [0.15, 0.2) is 0 Å². The summed E-state index contributed by atoms with van der Waals surface area (Å²) in [5.41, 5.74) is 6.50. The lowest BCUT2D eigenvalue weighted by Gasteiger charge is -2.34. The molecule has 0 spiro atoms. The Labute approximate surface area is 333 Å².